The summed E-state index contributed by atoms with van der Waals surface area (Å²) in [4.78, 5) is 15.7. The molecule has 2 aliphatic rings. The Hall–Kier alpha value is -3.36. The van der Waals surface area contributed by atoms with Crippen molar-refractivity contribution in [3.63, 3.8) is 0 Å². The van der Waals surface area contributed by atoms with E-state index >= 15 is 0 Å². The van der Waals surface area contributed by atoms with Gasteiger partial charge in [-0.1, -0.05) is 42.5 Å². The van der Waals surface area contributed by atoms with Crippen molar-refractivity contribution in [2.75, 3.05) is 20.2 Å². The number of ether oxygens (including phenoxy) is 1. The fourth-order valence-corrected chi connectivity index (χ4v) is 6.47. The van der Waals surface area contributed by atoms with Crippen molar-refractivity contribution in [3.05, 3.63) is 88.5 Å². The standard InChI is InChI=1S/C34H40F3N3O2/c1-22-23(2)32(42-16-15-38-3)14-9-27(22)21-40-30-12-13-31(40)20-29(19-30)39-33(41)18-24-5-4-6-26(17-24)25-7-10-28(11-8-25)34(35,36)37/h4-11,14,17,29-31,38H,12-13,15-16,18-21H2,1-3H3,(H,39,41). The molecule has 0 saturated carbocycles. The summed E-state index contributed by atoms with van der Waals surface area (Å²) in [5.74, 6) is 0.929. The summed E-state index contributed by atoms with van der Waals surface area (Å²) in [6.45, 7) is 6.67. The first-order valence-electron chi connectivity index (χ1n) is 14.8. The number of piperidine rings is 1. The van der Waals surface area contributed by atoms with Crippen LogP contribution in [-0.4, -0.2) is 49.1 Å². The zero-order valence-electron chi connectivity index (χ0n) is 24.6. The van der Waals surface area contributed by atoms with Gasteiger partial charge in [0.15, 0.2) is 0 Å². The average molecular weight is 580 g/mol. The Morgan fingerprint density at radius 1 is 0.952 bits per heavy atom. The second-order valence-electron chi connectivity index (χ2n) is 11.7. The zero-order chi connectivity index (χ0) is 29.9. The van der Waals surface area contributed by atoms with Crippen molar-refractivity contribution in [3.8, 4) is 16.9 Å². The van der Waals surface area contributed by atoms with Gasteiger partial charge in [0.1, 0.15) is 12.4 Å². The van der Waals surface area contributed by atoms with E-state index in [1.165, 1.54) is 28.8 Å². The van der Waals surface area contributed by atoms with Crippen LogP contribution in [0.2, 0.25) is 0 Å². The molecule has 2 atom stereocenters. The lowest BCUT2D eigenvalue weighted by Gasteiger charge is -2.39. The van der Waals surface area contributed by atoms with Crippen molar-refractivity contribution in [1.29, 1.82) is 0 Å². The van der Waals surface area contributed by atoms with Crippen molar-refractivity contribution in [2.45, 2.75) is 76.8 Å². The van der Waals surface area contributed by atoms with Crippen LogP contribution >= 0.6 is 0 Å². The summed E-state index contributed by atoms with van der Waals surface area (Å²) in [6.07, 6.45) is 0.0587. The molecule has 2 unspecified atom stereocenters. The monoisotopic (exact) mass is 579 g/mol. The quantitative estimate of drug-likeness (QED) is 0.272. The summed E-state index contributed by atoms with van der Waals surface area (Å²) < 4.78 is 44.7. The summed E-state index contributed by atoms with van der Waals surface area (Å²) in [6, 6.07) is 17.9. The van der Waals surface area contributed by atoms with E-state index in [-0.39, 0.29) is 18.4 Å². The molecule has 2 aliphatic heterocycles. The molecular weight excluding hydrogens is 539 g/mol. The van der Waals surface area contributed by atoms with E-state index in [4.69, 9.17) is 4.74 Å². The molecule has 2 heterocycles. The molecule has 5 rings (SSSR count). The van der Waals surface area contributed by atoms with E-state index in [2.05, 4.69) is 41.5 Å². The molecule has 0 aromatic heterocycles. The highest BCUT2D eigenvalue weighted by Gasteiger charge is 2.41. The normalized spacial score (nSPS) is 20.5. The van der Waals surface area contributed by atoms with Crippen molar-refractivity contribution in [1.82, 2.24) is 15.5 Å². The largest absolute Gasteiger partial charge is 0.492 e. The maximum absolute atomic E-state index is 13.0. The fraction of sp³-hybridized carbons (Fsp3) is 0.441. The van der Waals surface area contributed by atoms with Crippen LogP contribution in [0.3, 0.4) is 0 Å². The highest BCUT2D eigenvalue weighted by molar-refractivity contribution is 5.79. The van der Waals surface area contributed by atoms with Crippen molar-refractivity contribution < 1.29 is 22.7 Å². The number of alkyl halides is 3. The van der Waals surface area contributed by atoms with Crippen LogP contribution in [0.15, 0.2) is 60.7 Å². The molecule has 1 amide bonds. The lowest BCUT2D eigenvalue weighted by molar-refractivity contribution is -0.137. The number of carbonyl (C=O) groups is 1. The number of benzene rings is 3. The predicted molar refractivity (Wildman–Crippen MR) is 159 cm³/mol. The predicted octanol–water partition coefficient (Wildman–Crippen LogP) is 6.44. The Morgan fingerprint density at radius 2 is 1.67 bits per heavy atom. The first-order valence-corrected chi connectivity index (χ1v) is 14.8. The Morgan fingerprint density at radius 3 is 2.33 bits per heavy atom. The summed E-state index contributed by atoms with van der Waals surface area (Å²) in [5.41, 5.74) is 5.47. The SMILES string of the molecule is CNCCOc1ccc(CN2C3CCC2CC(NC(=O)Cc2cccc(-c4ccc(C(F)(F)F)cc4)c2)C3)c(C)c1C. The molecule has 0 radical (unpaired) electrons. The summed E-state index contributed by atoms with van der Waals surface area (Å²) in [5, 5.41) is 6.38. The zero-order valence-corrected chi connectivity index (χ0v) is 24.6. The maximum Gasteiger partial charge on any atom is 0.416 e. The first-order chi connectivity index (χ1) is 20.1. The number of fused-ring (bicyclic) bond motifs is 2. The molecule has 224 valence electrons. The van der Waals surface area contributed by atoms with Crippen LogP contribution < -0.4 is 15.4 Å². The number of hydrogen-bond donors (Lipinski definition) is 2. The molecule has 42 heavy (non-hydrogen) atoms. The third kappa shape index (κ3) is 6.98. The second-order valence-corrected chi connectivity index (χ2v) is 11.7. The minimum absolute atomic E-state index is 0.0160. The average Bonchev–Trinajstić information content (AvgIpc) is 3.18. The molecule has 0 spiro atoms. The first kappa shape index (κ1) is 30.1. The van der Waals surface area contributed by atoms with Gasteiger partial charge in [0.05, 0.1) is 12.0 Å². The van der Waals surface area contributed by atoms with Crippen LogP contribution in [0.4, 0.5) is 13.2 Å². The van der Waals surface area contributed by atoms with Crippen LogP contribution in [0.1, 0.15) is 53.5 Å². The van der Waals surface area contributed by atoms with Crippen molar-refractivity contribution in [2.24, 2.45) is 0 Å². The highest BCUT2D eigenvalue weighted by atomic mass is 19.4. The number of nitrogens with one attached hydrogen (secondary N) is 2. The molecule has 3 aromatic rings. The molecule has 2 fully saturated rings. The van der Waals surface area contributed by atoms with E-state index in [9.17, 15) is 18.0 Å². The van der Waals surface area contributed by atoms with Gasteiger partial charge in [0.2, 0.25) is 5.91 Å². The number of amides is 1. The van der Waals surface area contributed by atoms with E-state index in [1.54, 1.807) is 0 Å². The molecule has 5 nitrogen and oxygen atoms in total. The molecule has 3 aromatic carbocycles. The number of nitrogens with zero attached hydrogens (tertiary/aromatic N) is 1. The molecule has 2 bridgehead atoms. The van der Waals surface area contributed by atoms with Gasteiger partial charge < -0.3 is 15.4 Å². The number of hydrogen-bond acceptors (Lipinski definition) is 4. The minimum atomic E-state index is -4.36. The Labute approximate surface area is 246 Å². The van der Waals surface area contributed by atoms with E-state index in [0.29, 0.717) is 24.3 Å². The van der Waals surface area contributed by atoms with Gasteiger partial charge in [0, 0.05) is 31.2 Å². The van der Waals surface area contributed by atoms with Gasteiger partial charge >= 0.3 is 6.18 Å². The molecule has 0 aliphatic carbocycles. The smallest absolute Gasteiger partial charge is 0.416 e. The molecule has 8 heteroatoms. The second kappa shape index (κ2) is 12.9. The number of carbonyl (C=O) groups excluding carboxylic acids is 1. The summed E-state index contributed by atoms with van der Waals surface area (Å²) in [7, 11) is 1.92. The minimum Gasteiger partial charge on any atom is -0.492 e. The fourth-order valence-electron chi connectivity index (χ4n) is 6.47. The topological polar surface area (TPSA) is 53.6 Å². The van der Waals surface area contributed by atoms with Gasteiger partial charge in [-0.05, 0) is 98.2 Å². The number of halogens is 3. The Bertz CT molecular complexity index is 1380. The van der Waals surface area contributed by atoms with Crippen LogP contribution in [0.25, 0.3) is 11.1 Å². The lowest BCUT2D eigenvalue weighted by Crippen LogP contribution is -2.50. The third-order valence-electron chi connectivity index (χ3n) is 8.90. The van der Waals surface area contributed by atoms with E-state index in [0.717, 1.165) is 67.8 Å². The third-order valence-corrected chi connectivity index (χ3v) is 8.90. The van der Waals surface area contributed by atoms with Crippen molar-refractivity contribution >= 4 is 5.91 Å². The van der Waals surface area contributed by atoms with E-state index in [1.807, 2.05) is 31.3 Å². The maximum atomic E-state index is 13.0. The van der Waals surface area contributed by atoms with Gasteiger partial charge in [-0.3, -0.25) is 9.69 Å². The number of rotatable bonds is 10. The Kier molecular flexibility index (Phi) is 9.23. The number of likely N-dealkylation sites (N-methyl/N-ethyl adjacent to an activating group) is 1. The van der Waals surface area contributed by atoms with E-state index < -0.39 is 11.7 Å². The van der Waals surface area contributed by atoms with Crippen LogP contribution in [-0.2, 0) is 23.9 Å². The lowest BCUT2D eigenvalue weighted by atomic mass is 9.94. The molecule has 2 saturated heterocycles. The van der Waals surface area contributed by atoms with Crippen LogP contribution in [0, 0.1) is 13.8 Å². The summed E-state index contributed by atoms with van der Waals surface area (Å²) >= 11 is 0. The Balaban J connectivity index is 1.16. The van der Waals surface area contributed by atoms with Gasteiger partial charge in [0.25, 0.3) is 0 Å². The molecule has 2 N–H and O–H groups in total. The van der Waals surface area contributed by atoms with Crippen LogP contribution in [0.5, 0.6) is 5.75 Å². The highest BCUT2D eigenvalue weighted by Crippen LogP contribution is 2.38. The van der Waals surface area contributed by atoms with Gasteiger partial charge in [-0.2, -0.15) is 13.2 Å². The van der Waals surface area contributed by atoms with Gasteiger partial charge in [-0.15, -0.1) is 0 Å². The molecular formula is C34H40F3N3O2. The van der Waals surface area contributed by atoms with Gasteiger partial charge in [-0.25, -0.2) is 0 Å².